The summed E-state index contributed by atoms with van der Waals surface area (Å²) in [5, 5.41) is 3.39. The molecule has 1 aliphatic heterocycles. The van der Waals surface area contributed by atoms with E-state index in [0.717, 1.165) is 38.2 Å². The molecule has 0 aromatic carbocycles. The third-order valence-corrected chi connectivity index (χ3v) is 4.82. The van der Waals surface area contributed by atoms with E-state index in [1.807, 2.05) is 7.11 Å². The van der Waals surface area contributed by atoms with Crippen LogP contribution in [0, 0.1) is 0 Å². The maximum atomic E-state index is 5.96. The summed E-state index contributed by atoms with van der Waals surface area (Å²) < 4.78 is 5.96. The number of rotatable bonds is 3. The topological polar surface area (TPSA) is 47.0 Å². The molecule has 4 nitrogen and oxygen atoms in total. The van der Waals surface area contributed by atoms with E-state index < -0.39 is 0 Å². The number of hydrogen-bond donors (Lipinski definition) is 1. The highest BCUT2D eigenvalue weighted by Crippen LogP contribution is 2.38. The molecule has 0 saturated heterocycles. The summed E-state index contributed by atoms with van der Waals surface area (Å²) in [5.74, 6) is 0.932. The fourth-order valence-electron chi connectivity index (χ4n) is 3.55. The summed E-state index contributed by atoms with van der Waals surface area (Å²) >= 11 is 0. The highest BCUT2D eigenvalue weighted by Gasteiger charge is 2.37. The zero-order chi connectivity index (χ0) is 14.0. The molecule has 1 N–H and O–H groups in total. The Morgan fingerprint density at radius 2 is 1.85 bits per heavy atom. The van der Waals surface area contributed by atoms with Crippen molar-refractivity contribution in [3.63, 3.8) is 0 Å². The Kier molecular flexibility index (Phi) is 4.03. The van der Waals surface area contributed by atoms with Gasteiger partial charge < -0.3 is 10.1 Å². The zero-order valence-corrected chi connectivity index (χ0v) is 12.7. The van der Waals surface area contributed by atoms with Crippen molar-refractivity contribution >= 4 is 0 Å². The maximum absolute atomic E-state index is 5.96. The van der Waals surface area contributed by atoms with Crippen LogP contribution >= 0.6 is 0 Å². The van der Waals surface area contributed by atoms with Gasteiger partial charge >= 0.3 is 0 Å². The Bertz CT molecular complexity index is 479. The minimum atomic E-state index is -0.252. The summed E-state index contributed by atoms with van der Waals surface area (Å²) in [6, 6.07) is 0. The predicted octanol–water partition coefficient (Wildman–Crippen LogP) is 2.84. The van der Waals surface area contributed by atoms with Crippen LogP contribution in [0.2, 0.25) is 0 Å². The summed E-state index contributed by atoms with van der Waals surface area (Å²) in [4.78, 5) is 9.77. The van der Waals surface area contributed by atoms with Crippen molar-refractivity contribution in [1.82, 2.24) is 15.3 Å². The average Bonchev–Trinajstić information content (AvgIpc) is 2.82. The maximum Gasteiger partial charge on any atom is 0.160 e. The second-order valence-corrected chi connectivity index (χ2v) is 5.99. The minimum absolute atomic E-state index is 0.252. The number of ether oxygens (including phenoxy) is 1. The van der Waals surface area contributed by atoms with E-state index in [9.17, 15) is 0 Å². The third kappa shape index (κ3) is 2.35. The Morgan fingerprint density at radius 3 is 2.50 bits per heavy atom. The quantitative estimate of drug-likeness (QED) is 0.862. The largest absolute Gasteiger partial charge is 0.370 e. The lowest BCUT2D eigenvalue weighted by Crippen LogP contribution is -2.31. The van der Waals surface area contributed by atoms with Gasteiger partial charge in [-0.25, -0.2) is 9.97 Å². The fraction of sp³-hybridized carbons (Fsp3) is 0.750. The average molecular weight is 275 g/mol. The van der Waals surface area contributed by atoms with Crippen LogP contribution in [0.4, 0.5) is 0 Å². The van der Waals surface area contributed by atoms with Gasteiger partial charge in [0.2, 0.25) is 0 Å². The predicted molar refractivity (Wildman–Crippen MR) is 78.3 cm³/mol. The molecule has 2 heterocycles. The molecule has 0 radical (unpaired) electrons. The highest BCUT2D eigenvalue weighted by molar-refractivity contribution is 5.30. The molecule has 110 valence electrons. The molecule has 4 heteroatoms. The first kappa shape index (κ1) is 14.0. The first-order valence-corrected chi connectivity index (χ1v) is 7.94. The van der Waals surface area contributed by atoms with Gasteiger partial charge in [0, 0.05) is 31.5 Å². The number of nitrogens with zero attached hydrogens (tertiary/aromatic N) is 2. The van der Waals surface area contributed by atoms with Crippen molar-refractivity contribution in [3.8, 4) is 0 Å². The van der Waals surface area contributed by atoms with Crippen LogP contribution in [-0.4, -0.2) is 17.1 Å². The summed E-state index contributed by atoms with van der Waals surface area (Å²) in [7, 11) is 1.83. The van der Waals surface area contributed by atoms with E-state index in [4.69, 9.17) is 14.7 Å². The van der Waals surface area contributed by atoms with Gasteiger partial charge in [-0.1, -0.05) is 32.6 Å². The van der Waals surface area contributed by atoms with Gasteiger partial charge in [0.15, 0.2) is 5.82 Å². The molecule has 3 rings (SSSR count). The lowest BCUT2D eigenvalue weighted by atomic mass is 9.92. The van der Waals surface area contributed by atoms with E-state index in [-0.39, 0.29) is 5.60 Å². The number of fused-ring (bicyclic) bond motifs is 1. The number of nitrogens with one attached hydrogen (secondary N) is 1. The molecule has 2 aliphatic rings. The van der Waals surface area contributed by atoms with Crippen LogP contribution in [0.25, 0.3) is 0 Å². The zero-order valence-electron chi connectivity index (χ0n) is 12.7. The lowest BCUT2D eigenvalue weighted by Gasteiger charge is -2.30. The van der Waals surface area contributed by atoms with E-state index >= 15 is 0 Å². The van der Waals surface area contributed by atoms with Crippen LogP contribution in [0.15, 0.2) is 0 Å². The second-order valence-electron chi connectivity index (χ2n) is 5.99. The molecular formula is C16H25N3O. The SMILES string of the molecule is CCc1nc(C2(OC)CCCCCC2)nc2c1CNC2. The molecule has 1 aromatic rings. The molecule has 1 aromatic heterocycles. The molecule has 0 atom stereocenters. The van der Waals surface area contributed by atoms with E-state index in [1.165, 1.54) is 42.6 Å². The minimum Gasteiger partial charge on any atom is -0.370 e. The Morgan fingerprint density at radius 1 is 1.10 bits per heavy atom. The Labute approximate surface area is 121 Å². The first-order valence-electron chi connectivity index (χ1n) is 7.94. The molecule has 0 spiro atoms. The normalized spacial score (nSPS) is 21.5. The van der Waals surface area contributed by atoms with Crippen molar-refractivity contribution in [2.45, 2.75) is 70.6 Å². The van der Waals surface area contributed by atoms with Gasteiger partial charge in [0.25, 0.3) is 0 Å². The van der Waals surface area contributed by atoms with Crippen LogP contribution in [-0.2, 0) is 29.8 Å². The van der Waals surface area contributed by atoms with Crippen LogP contribution in [0.3, 0.4) is 0 Å². The smallest absolute Gasteiger partial charge is 0.160 e. The summed E-state index contributed by atoms with van der Waals surface area (Å²) in [5.41, 5.74) is 3.46. The molecule has 1 saturated carbocycles. The van der Waals surface area contributed by atoms with Crippen molar-refractivity contribution in [2.24, 2.45) is 0 Å². The van der Waals surface area contributed by atoms with Crippen molar-refractivity contribution in [1.29, 1.82) is 0 Å². The van der Waals surface area contributed by atoms with Gasteiger partial charge in [-0.3, -0.25) is 0 Å². The molecule has 1 fully saturated rings. The van der Waals surface area contributed by atoms with Gasteiger partial charge in [-0.15, -0.1) is 0 Å². The summed E-state index contributed by atoms with van der Waals surface area (Å²) in [6.07, 6.45) is 8.12. The van der Waals surface area contributed by atoms with E-state index in [1.54, 1.807) is 0 Å². The van der Waals surface area contributed by atoms with Gasteiger partial charge in [0.1, 0.15) is 5.60 Å². The van der Waals surface area contributed by atoms with Gasteiger partial charge in [0.05, 0.1) is 5.69 Å². The van der Waals surface area contributed by atoms with Crippen molar-refractivity contribution in [2.75, 3.05) is 7.11 Å². The van der Waals surface area contributed by atoms with E-state index in [2.05, 4.69) is 12.2 Å². The third-order valence-electron chi connectivity index (χ3n) is 4.82. The monoisotopic (exact) mass is 275 g/mol. The van der Waals surface area contributed by atoms with Crippen LogP contribution in [0.5, 0.6) is 0 Å². The molecule has 0 amide bonds. The molecule has 1 aliphatic carbocycles. The number of methoxy groups -OCH3 is 1. The van der Waals surface area contributed by atoms with E-state index in [0.29, 0.717) is 0 Å². The summed E-state index contributed by atoms with van der Waals surface area (Å²) in [6.45, 7) is 3.97. The first-order chi connectivity index (χ1) is 9.79. The lowest BCUT2D eigenvalue weighted by molar-refractivity contribution is -0.0354. The fourth-order valence-corrected chi connectivity index (χ4v) is 3.55. The van der Waals surface area contributed by atoms with Crippen LogP contribution in [0.1, 0.15) is 68.2 Å². The molecule has 0 unspecified atom stereocenters. The molecule has 20 heavy (non-hydrogen) atoms. The van der Waals surface area contributed by atoms with Gasteiger partial charge in [-0.2, -0.15) is 0 Å². The second kappa shape index (κ2) is 5.78. The number of aryl methyl sites for hydroxylation is 1. The van der Waals surface area contributed by atoms with Gasteiger partial charge in [-0.05, 0) is 19.3 Å². The number of hydrogen-bond acceptors (Lipinski definition) is 4. The number of aromatic nitrogens is 2. The van der Waals surface area contributed by atoms with Crippen LogP contribution < -0.4 is 5.32 Å². The van der Waals surface area contributed by atoms with Crippen molar-refractivity contribution < 1.29 is 4.74 Å². The Balaban J connectivity index is 2.03. The Hall–Kier alpha value is -1.00. The standard InChI is InChI=1S/C16H25N3O/c1-3-13-12-10-17-11-14(12)19-15(18-13)16(20-2)8-6-4-5-7-9-16/h17H,3-11H2,1-2H3. The molecular weight excluding hydrogens is 250 g/mol. The van der Waals surface area contributed by atoms with Crippen molar-refractivity contribution in [3.05, 3.63) is 22.8 Å². The highest BCUT2D eigenvalue weighted by atomic mass is 16.5. The molecule has 0 bridgehead atoms.